The average Bonchev–Trinajstić information content (AvgIpc) is 2.31. The van der Waals surface area contributed by atoms with Gasteiger partial charge >= 0.3 is 0 Å². The van der Waals surface area contributed by atoms with E-state index in [-0.39, 0.29) is 0 Å². The van der Waals surface area contributed by atoms with Crippen molar-refractivity contribution in [3.8, 4) is 0 Å². The van der Waals surface area contributed by atoms with E-state index in [9.17, 15) is 0 Å². The van der Waals surface area contributed by atoms with E-state index < -0.39 is 0 Å². The van der Waals surface area contributed by atoms with Crippen LogP contribution in [0.1, 0.15) is 13.3 Å². The molecule has 1 unspecified atom stereocenters. The second kappa shape index (κ2) is 2.88. The van der Waals surface area contributed by atoms with Crippen molar-refractivity contribution in [2.75, 3.05) is 13.1 Å². The maximum Gasteiger partial charge on any atom is 0.00825 e. The lowest BCUT2D eigenvalue weighted by atomic mass is 9.79. The maximum atomic E-state index is 2.82. The summed E-state index contributed by atoms with van der Waals surface area (Å²) in [5.74, 6) is 2.67. The van der Waals surface area contributed by atoms with Crippen LogP contribution >= 0.6 is 9.39 Å². The first-order valence-electron chi connectivity index (χ1n) is 4.43. The SMILES string of the molecule is C[C@@H]1CC=C[C@@H]2CN(P)C[C@@H]12. The van der Waals surface area contributed by atoms with Gasteiger partial charge in [0.2, 0.25) is 0 Å². The number of hydrogen-bond acceptors (Lipinski definition) is 1. The van der Waals surface area contributed by atoms with E-state index in [4.69, 9.17) is 0 Å². The van der Waals surface area contributed by atoms with Crippen LogP contribution in [0, 0.1) is 17.8 Å². The van der Waals surface area contributed by atoms with Crippen LogP contribution in [0.4, 0.5) is 0 Å². The molecule has 2 aliphatic rings. The largest absolute Gasteiger partial charge is 0.286 e. The van der Waals surface area contributed by atoms with Crippen LogP contribution < -0.4 is 0 Å². The fourth-order valence-electron chi connectivity index (χ4n) is 2.34. The van der Waals surface area contributed by atoms with E-state index >= 15 is 0 Å². The Morgan fingerprint density at radius 2 is 2.27 bits per heavy atom. The third kappa shape index (κ3) is 1.37. The van der Waals surface area contributed by atoms with Crippen molar-refractivity contribution in [1.29, 1.82) is 0 Å². The van der Waals surface area contributed by atoms with E-state index in [2.05, 4.69) is 33.1 Å². The second-order valence-electron chi connectivity index (χ2n) is 3.92. The minimum atomic E-state index is 0.844. The van der Waals surface area contributed by atoms with Crippen LogP contribution in [0.15, 0.2) is 12.2 Å². The fourth-order valence-corrected chi connectivity index (χ4v) is 2.82. The van der Waals surface area contributed by atoms with Gasteiger partial charge in [-0.3, -0.25) is 4.67 Å². The molecule has 1 fully saturated rings. The molecule has 4 atom stereocenters. The van der Waals surface area contributed by atoms with Crippen LogP contribution in [0.25, 0.3) is 0 Å². The summed E-state index contributed by atoms with van der Waals surface area (Å²) in [6, 6.07) is 0. The zero-order chi connectivity index (χ0) is 7.84. The molecule has 1 heterocycles. The van der Waals surface area contributed by atoms with Crippen molar-refractivity contribution in [2.45, 2.75) is 13.3 Å². The van der Waals surface area contributed by atoms with Gasteiger partial charge in [0.25, 0.3) is 0 Å². The molecular weight excluding hydrogens is 153 g/mol. The topological polar surface area (TPSA) is 3.24 Å². The predicted molar refractivity (Wildman–Crippen MR) is 51.2 cm³/mol. The van der Waals surface area contributed by atoms with Crippen LogP contribution in [-0.4, -0.2) is 17.8 Å². The van der Waals surface area contributed by atoms with Crippen molar-refractivity contribution >= 4 is 9.39 Å². The lowest BCUT2D eigenvalue weighted by Crippen LogP contribution is -2.21. The molecule has 2 heteroatoms. The van der Waals surface area contributed by atoms with Crippen LogP contribution in [0.2, 0.25) is 0 Å². The molecule has 0 saturated carbocycles. The second-order valence-corrected chi connectivity index (χ2v) is 4.65. The summed E-state index contributed by atoms with van der Waals surface area (Å²) in [5.41, 5.74) is 0. The van der Waals surface area contributed by atoms with E-state index in [1.165, 1.54) is 19.5 Å². The van der Waals surface area contributed by atoms with Gasteiger partial charge in [0.1, 0.15) is 0 Å². The van der Waals surface area contributed by atoms with Crippen LogP contribution in [0.3, 0.4) is 0 Å². The molecule has 1 nitrogen and oxygen atoms in total. The van der Waals surface area contributed by atoms with Gasteiger partial charge < -0.3 is 0 Å². The van der Waals surface area contributed by atoms with Gasteiger partial charge in [0.15, 0.2) is 0 Å². The molecule has 0 N–H and O–H groups in total. The summed E-state index contributed by atoms with van der Waals surface area (Å²) in [4.78, 5) is 0. The quantitative estimate of drug-likeness (QED) is 0.395. The van der Waals surface area contributed by atoms with Gasteiger partial charge in [-0.1, -0.05) is 28.5 Å². The molecule has 0 aromatic rings. The first-order chi connectivity index (χ1) is 5.27. The zero-order valence-electron chi connectivity index (χ0n) is 7.03. The van der Waals surface area contributed by atoms with Crippen molar-refractivity contribution < 1.29 is 0 Å². The van der Waals surface area contributed by atoms with E-state index in [1.807, 2.05) is 0 Å². The summed E-state index contributed by atoms with van der Waals surface area (Å²) in [6.45, 7) is 4.90. The van der Waals surface area contributed by atoms with Crippen LogP contribution in [-0.2, 0) is 0 Å². The monoisotopic (exact) mass is 169 g/mol. The van der Waals surface area contributed by atoms with E-state index in [1.54, 1.807) is 0 Å². The maximum absolute atomic E-state index is 2.82. The number of allylic oxidation sites excluding steroid dienone is 1. The molecule has 0 aromatic carbocycles. The Morgan fingerprint density at radius 3 is 3.00 bits per heavy atom. The molecule has 1 aliphatic heterocycles. The Labute approximate surface area is 71.1 Å². The molecule has 0 amide bonds. The summed E-state index contributed by atoms with van der Waals surface area (Å²) < 4.78 is 2.38. The van der Waals surface area contributed by atoms with Gasteiger partial charge in [0, 0.05) is 13.1 Å². The number of fused-ring (bicyclic) bond motifs is 1. The van der Waals surface area contributed by atoms with Crippen molar-refractivity contribution in [3.63, 3.8) is 0 Å². The first-order valence-corrected chi connectivity index (χ1v) is 4.95. The highest BCUT2D eigenvalue weighted by atomic mass is 31.0. The number of rotatable bonds is 0. The average molecular weight is 169 g/mol. The van der Waals surface area contributed by atoms with Gasteiger partial charge in [-0.05, 0) is 24.2 Å². The Hall–Kier alpha value is 0.130. The minimum absolute atomic E-state index is 0.844. The summed E-state index contributed by atoms with van der Waals surface area (Å²) in [6.07, 6.45) is 6.06. The van der Waals surface area contributed by atoms with Crippen molar-refractivity contribution in [1.82, 2.24) is 4.67 Å². The summed E-state index contributed by atoms with van der Waals surface area (Å²) in [5, 5.41) is 0. The zero-order valence-corrected chi connectivity index (χ0v) is 8.19. The number of hydrogen-bond donors (Lipinski definition) is 0. The molecule has 1 saturated heterocycles. The lowest BCUT2D eigenvalue weighted by Gasteiger charge is -2.25. The van der Waals surface area contributed by atoms with Gasteiger partial charge in [-0.15, -0.1) is 0 Å². The molecule has 11 heavy (non-hydrogen) atoms. The molecule has 0 bridgehead atoms. The summed E-state index contributed by atoms with van der Waals surface area (Å²) >= 11 is 0. The molecule has 2 rings (SSSR count). The lowest BCUT2D eigenvalue weighted by molar-refractivity contribution is 0.321. The third-order valence-electron chi connectivity index (χ3n) is 3.06. The summed E-state index contributed by atoms with van der Waals surface area (Å²) in [7, 11) is 2.82. The van der Waals surface area contributed by atoms with Gasteiger partial charge in [-0.25, -0.2) is 0 Å². The highest BCUT2D eigenvalue weighted by molar-refractivity contribution is 7.13. The predicted octanol–water partition coefficient (Wildman–Crippen LogP) is 1.92. The molecular formula is C9H16NP. The van der Waals surface area contributed by atoms with Crippen LogP contribution in [0.5, 0.6) is 0 Å². The van der Waals surface area contributed by atoms with Gasteiger partial charge in [0.05, 0.1) is 0 Å². The molecule has 0 radical (unpaired) electrons. The molecule has 0 spiro atoms. The van der Waals surface area contributed by atoms with E-state index in [0.717, 1.165) is 17.8 Å². The van der Waals surface area contributed by atoms with E-state index in [0.29, 0.717) is 0 Å². The minimum Gasteiger partial charge on any atom is -0.286 e. The van der Waals surface area contributed by atoms with Crippen molar-refractivity contribution in [3.05, 3.63) is 12.2 Å². The normalized spacial score (nSPS) is 44.4. The standard InChI is InChI=1S/C9H16NP/c1-7-3-2-4-8-5-10(11)6-9(7)8/h2,4,7-9H,3,5-6,11H2,1H3/t7-,8-,9+/m1/s1. The van der Waals surface area contributed by atoms with Crippen molar-refractivity contribution in [2.24, 2.45) is 17.8 Å². The Morgan fingerprint density at radius 1 is 1.45 bits per heavy atom. The highest BCUT2D eigenvalue weighted by Crippen LogP contribution is 2.36. The highest BCUT2D eigenvalue weighted by Gasteiger charge is 2.34. The first kappa shape index (κ1) is 7.76. The Kier molecular flexibility index (Phi) is 2.03. The Bertz CT molecular complexity index is 178. The third-order valence-corrected chi connectivity index (χ3v) is 3.48. The van der Waals surface area contributed by atoms with Gasteiger partial charge in [-0.2, -0.15) is 0 Å². The molecule has 62 valence electrons. The Balaban J connectivity index is 2.13. The fraction of sp³-hybridized carbons (Fsp3) is 0.778. The molecule has 1 aliphatic carbocycles. The number of nitrogens with zero attached hydrogens (tertiary/aromatic N) is 1. The molecule has 0 aromatic heterocycles. The smallest absolute Gasteiger partial charge is 0.00825 e.